The fraction of sp³-hybridized carbons (Fsp3) is 0.786. The first kappa shape index (κ1) is 13.9. The second-order valence-corrected chi connectivity index (χ2v) is 7.51. The Hall–Kier alpha value is -1.04. The molecule has 6 heteroatoms. The number of carbonyl (C=O) groups is 1. The molecule has 0 saturated heterocycles. The van der Waals surface area contributed by atoms with E-state index in [1.54, 1.807) is 0 Å². The van der Waals surface area contributed by atoms with Crippen LogP contribution < -0.4 is 0 Å². The lowest BCUT2D eigenvalue weighted by Crippen LogP contribution is -2.24. The van der Waals surface area contributed by atoms with Gasteiger partial charge in [-0.05, 0) is 31.1 Å². The summed E-state index contributed by atoms with van der Waals surface area (Å²) in [6.07, 6.45) is 5.96. The number of hydrogen-bond donors (Lipinski definition) is 1. The Morgan fingerprint density at radius 3 is 2.70 bits per heavy atom. The summed E-state index contributed by atoms with van der Waals surface area (Å²) in [5.41, 5.74) is 0.241. The van der Waals surface area contributed by atoms with Crippen molar-refractivity contribution in [1.82, 2.24) is 14.8 Å². The van der Waals surface area contributed by atoms with Gasteiger partial charge in [0.25, 0.3) is 0 Å². The number of carboxylic acids is 1. The minimum atomic E-state index is -0.803. The van der Waals surface area contributed by atoms with Crippen LogP contribution >= 0.6 is 11.8 Å². The van der Waals surface area contributed by atoms with Crippen molar-refractivity contribution >= 4 is 17.7 Å². The molecule has 1 unspecified atom stereocenters. The zero-order chi connectivity index (χ0) is 14.3. The van der Waals surface area contributed by atoms with Crippen molar-refractivity contribution in [2.75, 3.05) is 5.75 Å². The van der Waals surface area contributed by atoms with Gasteiger partial charge in [0, 0.05) is 12.0 Å². The maximum Gasteiger partial charge on any atom is 0.313 e. The van der Waals surface area contributed by atoms with Crippen molar-refractivity contribution in [1.29, 1.82) is 0 Å². The second-order valence-electron chi connectivity index (χ2n) is 6.56. The van der Waals surface area contributed by atoms with Gasteiger partial charge in [0.2, 0.25) is 0 Å². The first-order valence-corrected chi connectivity index (χ1v) is 8.27. The van der Waals surface area contributed by atoms with Gasteiger partial charge in [-0.3, -0.25) is 4.79 Å². The van der Waals surface area contributed by atoms with Crippen molar-refractivity contribution in [2.24, 2.45) is 5.41 Å². The monoisotopic (exact) mass is 295 g/mol. The highest BCUT2D eigenvalue weighted by atomic mass is 32.2. The van der Waals surface area contributed by atoms with E-state index in [0.29, 0.717) is 12.0 Å². The molecule has 0 aliphatic heterocycles. The van der Waals surface area contributed by atoms with Gasteiger partial charge >= 0.3 is 5.97 Å². The number of carboxylic acid groups (broad SMARTS) is 1. The standard InChI is InChI=1S/C14H21N3O2S/c1-14(2)7-3-4-10(14)17-12(9-5-6-9)15-16-13(17)20-8-11(18)19/h9-10H,3-8H2,1-2H3,(H,18,19). The van der Waals surface area contributed by atoms with Crippen molar-refractivity contribution in [2.45, 2.75) is 63.1 Å². The maximum atomic E-state index is 10.8. The molecule has 110 valence electrons. The van der Waals surface area contributed by atoms with Crippen LogP contribution in [0.25, 0.3) is 0 Å². The predicted molar refractivity (Wildman–Crippen MR) is 77.0 cm³/mol. The Bertz CT molecular complexity index is 522. The first-order chi connectivity index (χ1) is 9.49. The van der Waals surface area contributed by atoms with Crippen LogP contribution in [0.1, 0.15) is 63.7 Å². The van der Waals surface area contributed by atoms with Crippen molar-refractivity contribution < 1.29 is 9.90 Å². The van der Waals surface area contributed by atoms with Gasteiger partial charge in [-0.15, -0.1) is 10.2 Å². The van der Waals surface area contributed by atoms with Gasteiger partial charge in [0.15, 0.2) is 5.16 Å². The van der Waals surface area contributed by atoms with Crippen LogP contribution in [0.5, 0.6) is 0 Å². The zero-order valence-corrected chi connectivity index (χ0v) is 12.8. The van der Waals surface area contributed by atoms with Gasteiger partial charge in [-0.1, -0.05) is 32.0 Å². The van der Waals surface area contributed by atoms with Crippen molar-refractivity contribution in [3.8, 4) is 0 Å². The van der Waals surface area contributed by atoms with Gasteiger partial charge in [0.05, 0.1) is 5.75 Å². The molecule has 1 aromatic heterocycles. The number of aliphatic carboxylic acids is 1. The summed E-state index contributed by atoms with van der Waals surface area (Å²) in [4.78, 5) is 10.8. The number of thioether (sulfide) groups is 1. The molecule has 2 aliphatic carbocycles. The Morgan fingerprint density at radius 1 is 1.40 bits per heavy atom. The Morgan fingerprint density at radius 2 is 2.15 bits per heavy atom. The highest BCUT2D eigenvalue weighted by molar-refractivity contribution is 7.99. The predicted octanol–water partition coefficient (Wildman–Crippen LogP) is 3.08. The minimum absolute atomic E-state index is 0.0515. The molecule has 1 N–H and O–H groups in total. The Kier molecular flexibility index (Phi) is 3.52. The van der Waals surface area contributed by atoms with E-state index < -0.39 is 5.97 Å². The van der Waals surface area contributed by atoms with E-state index in [1.165, 1.54) is 37.4 Å². The van der Waals surface area contributed by atoms with Crippen molar-refractivity contribution in [3.63, 3.8) is 0 Å². The molecule has 1 aromatic rings. The van der Waals surface area contributed by atoms with Crippen LogP contribution in [0.2, 0.25) is 0 Å². The van der Waals surface area contributed by atoms with E-state index in [9.17, 15) is 4.79 Å². The fourth-order valence-electron chi connectivity index (χ4n) is 3.21. The Labute approximate surface area is 123 Å². The second kappa shape index (κ2) is 5.06. The van der Waals surface area contributed by atoms with Crippen LogP contribution in [0.15, 0.2) is 5.16 Å². The van der Waals surface area contributed by atoms with Gasteiger partial charge in [0.1, 0.15) is 5.82 Å². The SMILES string of the molecule is CC1(C)CCCC1n1c(SCC(=O)O)nnc1C1CC1. The molecule has 2 fully saturated rings. The molecule has 0 bridgehead atoms. The average molecular weight is 295 g/mol. The summed E-state index contributed by atoms with van der Waals surface area (Å²) in [6.45, 7) is 4.60. The number of rotatable bonds is 5. The van der Waals surface area contributed by atoms with Crippen LogP contribution in [0.3, 0.4) is 0 Å². The van der Waals surface area contributed by atoms with Crippen LogP contribution in [0.4, 0.5) is 0 Å². The van der Waals surface area contributed by atoms with Crippen LogP contribution in [-0.4, -0.2) is 31.6 Å². The molecular weight excluding hydrogens is 274 g/mol. The summed E-state index contributed by atoms with van der Waals surface area (Å²) in [7, 11) is 0. The molecule has 0 spiro atoms. The normalized spacial score (nSPS) is 25.0. The molecule has 0 aromatic carbocycles. The summed E-state index contributed by atoms with van der Waals surface area (Å²) in [6, 6.07) is 0.407. The molecule has 2 saturated carbocycles. The third-order valence-corrected chi connectivity index (χ3v) is 5.40. The van der Waals surface area contributed by atoms with E-state index in [1.807, 2.05) is 0 Å². The van der Waals surface area contributed by atoms with E-state index >= 15 is 0 Å². The molecule has 5 nitrogen and oxygen atoms in total. The van der Waals surface area contributed by atoms with Crippen LogP contribution in [0, 0.1) is 5.41 Å². The molecular formula is C14H21N3O2S. The highest BCUT2D eigenvalue weighted by Gasteiger charge is 2.41. The smallest absolute Gasteiger partial charge is 0.313 e. The largest absolute Gasteiger partial charge is 0.481 e. The molecule has 1 atom stereocenters. The third kappa shape index (κ3) is 2.57. The van der Waals surface area contributed by atoms with Gasteiger partial charge in [-0.2, -0.15) is 0 Å². The lowest BCUT2D eigenvalue weighted by molar-refractivity contribution is -0.133. The lowest BCUT2D eigenvalue weighted by Gasteiger charge is -2.30. The fourth-order valence-corrected chi connectivity index (χ4v) is 3.92. The number of nitrogens with zero attached hydrogens (tertiary/aromatic N) is 3. The summed E-state index contributed by atoms with van der Waals surface area (Å²) >= 11 is 1.30. The van der Waals surface area contributed by atoms with Gasteiger partial charge in [-0.25, -0.2) is 0 Å². The Balaban J connectivity index is 1.93. The van der Waals surface area contributed by atoms with Crippen LogP contribution in [-0.2, 0) is 4.79 Å². The molecule has 1 heterocycles. The molecule has 2 aliphatic rings. The lowest BCUT2D eigenvalue weighted by atomic mass is 9.87. The maximum absolute atomic E-state index is 10.8. The van der Waals surface area contributed by atoms with Gasteiger partial charge < -0.3 is 9.67 Å². The first-order valence-electron chi connectivity index (χ1n) is 7.28. The summed E-state index contributed by atoms with van der Waals surface area (Å²) < 4.78 is 2.26. The molecule has 0 radical (unpaired) electrons. The quantitative estimate of drug-likeness (QED) is 0.845. The van der Waals surface area contributed by atoms with E-state index in [-0.39, 0.29) is 11.2 Å². The summed E-state index contributed by atoms with van der Waals surface area (Å²) in [5, 5.41) is 18.3. The molecule has 0 amide bonds. The summed E-state index contributed by atoms with van der Waals surface area (Å²) in [5.74, 6) is 0.870. The number of hydrogen-bond acceptors (Lipinski definition) is 4. The molecule has 20 heavy (non-hydrogen) atoms. The minimum Gasteiger partial charge on any atom is -0.481 e. The molecule has 3 rings (SSSR count). The zero-order valence-electron chi connectivity index (χ0n) is 12.0. The highest BCUT2D eigenvalue weighted by Crippen LogP contribution is 2.50. The number of aromatic nitrogens is 3. The third-order valence-electron chi connectivity index (χ3n) is 4.47. The van der Waals surface area contributed by atoms with E-state index in [0.717, 1.165) is 17.4 Å². The average Bonchev–Trinajstić information content (AvgIpc) is 3.04. The van der Waals surface area contributed by atoms with Crippen molar-refractivity contribution in [3.05, 3.63) is 5.82 Å². The van der Waals surface area contributed by atoms with E-state index in [2.05, 4.69) is 28.6 Å². The van der Waals surface area contributed by atoms with E-state index in [4.69, 9.17) is 5.11 Å². The topological polar surface area (TPSA) is 68.0 Å².